The van der Waals surface area contributed by atoms with E-state index in [1.54, 1.807) is 0 Å². The highest BCUT2D eigenvalue weighted by atomic mass is 32.2. The number of ether oxygens (including phenoxy) is 1. The highest BCUT2D eigenvalue weighted by Crippen LogP contribution is 2.26. The van der Waals surface area contributed by atoms with Crippen LogP contribution < -0.4 is 10.2 Å². The van der Waals surface area contributed by atoms with E-state index >= 15 is 0 Å². The van der Waals surface area contributed by atoms with Crippen LogP contribution in [0, 0.1) is 6.92 Å². The molecular weight excluding hydrogens is 424 g/mol. The number of hydrogen-bond acceptors (Lipinski definition) is 7. The summed E-state index contributed by atoms with van der Waals surface area (Å²) in [4.78, 5) is 19.1. The average Bonchev–Trinajstić information content (AvgIpc) is 3.25. The summed E-state index contributed by atoms with van der Waals surface area (Å²) in [7, 11) is 0. The molecule has 3 heterocycles. The summed E-state index contributed by atoms with van der Waals surface area (Å²) in [6, 6.07) is 12.1. The Labute approximate surface area is 192 Å². The van der Waals surface area contributed by atoms with Crippen molar-refractivity contribution in [3.63, 3.8) is 0 Å². The lowest BCUT2D eigenvalue weighted by Crippen LogP contribution is -2.36. The molecule has 0 aliphatic carbocycles. The van der Waals surface area contributed by atoms with Crippen LogP contribution in [-0.4, -0.2) is 57.7 Å². The Kier molecular flexibility index (Phi) is 7.39. The molecule has 1 aromatic carbocycles. The van der Waals surface area contributed by atoms with Crippen molar-refractivity contribution in [3.8, 4) is 11.4 Å². The largest absolute Gasteiger partial charge is 0.378 e. The molecule has 4 rings (SSSR count). The zero-order valence-corrected chi connectivity index (χ0v) is 19.3. The van der Waals surface area contributed by atoms with Gasteiger partial charge in [0, 0.05) is 37.9 Å². The van der Waals surface area contributed by atoms with Crippen LogP contribution in [0.2, 0.25) is 0 Å². The van der Waals surface area contributed by atoms with Crippen LogP contribution >= 0.6 is 11.8 Å². The Morgan fingerprint density at radius 2 is 1.97 bits per heavy atom. The molecule has 1 saturated heterocycles. The molecule has 0 unspecified atom stereocenters. The van der Waals surface area contributed by atoms with Crippen LogP contribution in [0.15, 0.2) is 47.8 Å². The summed E-state index contributed by atoms with van der Waals surface area (Å²) in [5.41, 5.74) is 3.18. The molecule has 9 heteroatoms. The first kappa shape index (κ1) is 22.3. The van der Waals surface area contributed by atoms with Crippen molar-refractivity contribution >= 4 is 23.5 Å². The molecule has 0 atom stereocenters. The maximum absolute atomic E-state index is 12.4. The number of anilines is 1. The van der Waals surface area contributed by atoms with E-state index in [1.807, 2.05) is 36.5 Å². The van der Waals surface area contributed by atoms with Gasteiger partial charge >= 0.3 is 0 Å². The fourth-order valence-corrected chi connectivity index (χ4v) is 4.42. The minimum absolute atomic E-state index is 0.0460. The Bertz CT molecular complexity index is 1050. The van der Waals surface area contributed by atoms with E-state index in [-0.39, 0.29) is 11.7 Å². The van der Waals surface area contributed by atoms with E-state index in [0.717, 1.165) is 66.3 Å². The number of aromatic nitrogens is 4. The third-order valence-electron chi connectivity index (χ3n) is 5.39. The number of nitrogens with zero attached hydrogens (tertiary/aromatic N) is 5. The van der Waals surface area contributed by atoms with Gasteiger partial charge in [-0.2, -0.15) is 0 Å². The lowest BCUT2D eigenvalue weighted by Gasteiger charge is -2.27. The SMILES string of the molecule is CCn1c(SCC(=O)NCc2ccc(N3CCOCC3)nc2)nnc1-c1ccccc1C. The molecule has 1 N–H and O–H groups in total. The molecule has 0 saturated carbocycles. The van der Waals surface area contributed by atoms with Gasteiger partial charge in [0.1, 0.15) is 5.82 Å². The highest BCUT2D eigenvalue weighted by molar-refractivity contribution is 7.99. The molecule has 0 radical (unpaired) electrons. The monoisotopic (exact) mass is 452 g/mol. The van der Waals surface area contributed by atoms with E-state index in [0.29, 0.717) is 6.54 Å². The van der Waals surface area contributed by atoms with E-state index in [1.165, 1.54) is 11.8 Å². The van der Waals surface area contributed by atoms with Crippen LogP contribution in [0.5, 0.6) is 0 Å². The Hall–Kier alpha value is -2.91. The third-order valence-corrected chi connectivity index (χ3v) is 6.35. The number of nitrogens with one attached hydrogen (secondary N) is 1. The zero-order chi connectivity index (χ0) is 22.3. The topological polar surface area (TPSA) is 85.2 Å². The van der Waals surface area contributed by atoms with Gasteiger partial charge in [0.15, 0.2) is 11.0 Å². The summed E-state index contributed by atoms with van der Waals surface area (Å²) in [6.07, 6.45) is 1.82. The number of thioether (sulfide) groups is 1. The molecule has 8 nitrogen and oxygen atoms in total. The molecule has 0 bridgehead atoms. The summed E-state index contributed by atoms with van der Waals surface area (Å²) in [6.45, 7) is 8.48. The molecule has 32 heavy (non-hydrogen) atoms. The third kappa shape index (κ3) is 5.28. The number of pyridine rings is 1. The molecular formula is C23H28N6O2S. The van der Waals surface area contributed by atoms with E-state index in [9.17, 15) is 4.79 Å². The van der Waals surface area contributed by atoms with E-state index in [2.05, 4.69) is 49.9 Å². The van der Waals surface area contributed by atoms with E-state index < -0.39 is 0 Å². The lowest BCUT2D eigenvalue weighted by molar-refractivity contribution is -0.118. The first-order chi connectivity index (χ1) is 15.7. The lowest BCUT2D eigenvalue weighted by atomic mass is 10.1. The Morgan fingerprint density at radius 1 is 1.16 bits per heavy atom. The van der Waals surface area contributed by atoms with E-state index in [4.69, 9.17) is 4.74 Å². The van der Waals surface area contributed by atoms with Gasteiger partial charge in [0.25, 0.3) is 0 Å². The van der Waals surface area contributed by atoms with Crippen molar-refractivity contribution in [2.24, 2.45) is 0 Å². The minimum atomic E-state index is -0.0460. The maximum Gasteiger partial charge on any atom is 0.230 e. The Balaban J connectivity index is 1.30. The predicted molar refractivity (Wildman–Crippen MR) is 126 cm³/mol. The van der Waals surface area contributed by atoms with Crippen LogP contribution in [0.1, 0.15) is 18.1 Å². The number of morpholine rings is 1. The second kappa shape index (κ2) is 10.6. The smallest absolute Gasteiger partial charge is 0.230 e. The summed E-state index contributed by atoms with van der Waals surface area (Å²) in [5.74, 6) is 2.02. The van der Waals surface area contributed by atoms with Crippen molar-refractivity contribution in [2.45, 2.75) is 32.1 Å². The van der Waals surface area contributed by atoms with Crippen LogP contribution in [0.25, 0.3) is 11.4 Å². The van der Waals surface area contributed by atoms with Gasteiger partial charge in [-0.05, 0) is 31.0 Å². The number of rotatable bonds is 8. The summed E-state index contributed by atoms with van der Waals surface area (Å²) < 4.78 is 7.43. The van der Waals surface area contributed by atoms with Gasteiger partial charge in [-0.25, -0.2) is 4.98 Å². The summed E-state index contributed by atoms with van der Waals surface area (Å²) >= 11 is 1.40. The van der Waals surface area contributed by atoms with Gasteiger partial charge in [-0.15, -0.1) is 10.2 Å². The van der Waals surface area contributed by atoms with Gasteiger partial charge in [-0.3, -0.25) is 4.79 Å². The maximum atomic E-state index is 12.4. The summed E-state index contributed by atoms with van der Waals surface area (Å²) in [5, 5.41) is 12.4. The quantitative estimate of drug-likeness (QED) is 0.526. The number of carbonyl (C=O) groups is 1. The number of aryl methyl sites for hydroxylation is 1. The molecule has 3 aromatic rings. The first-order valence-corrected chi connectivity index (χ1v) is 11.8. The molecule has 0 spiro atoms. The van der Waals surface area contributed by atoms with Crippen molar-refractivity contribution in [2.75, 3.05) is 37.0 Å². The van der Waals surface area contributed by atoms with Crippen molar-refractivity contribution in [3.05, 3.63) is 53.7 Å². The molecule has 1 fully saturated rings. The standard InChI is InChI=1S/C23H28N6O2S/c1-3-29-22(19-7-5-4-6-17(19)2)26-27-23(29)32-16-21(30)25-15-18-8-9-20(24-14-18)28-10-12-31-13-11-28/h4-9,14H,3,10-13,15-16H2,1-2H3,(H,25,30). The molecule has 1 aliphatic heterocycles. The fraction of sp³-hybridized carbons (Fsp3) is 0.391. The normalized spacial score (nSPS) is 13.9. The second-order valence-electron chi connectivity index (χ2n) is 7.55. The minimum Gasteiger partial charge on any atom is -0.378 e. The number of benzene rings is 1. The van der Waals surface area contributed by atoms with Crippen molar-refractivity contribution in [1.29, 1.82) is 0 Å². The van der Waals surface area contributed by atoms with Gasteiger partial charge < -0.3 is 19.5 Å². The van der Waals surface area contributed by atoms with Crippen molar-refractivity contribution in [1.82, 2.24) is 25.1 Å². The number of hydrogen-bond donors (Lipinski definition) is 1. The fourth-order valence-electron chi connectivity index (χ4n) is 3.59. The average molecular weight is 453 g/mol. The predicted octanol–water partition coefficient (Wildman–Crippen LogP) is 2.91. The molecule has 1 aliphatic rings. The van der Waals surface area contributed by atoms with Crippen LogP contribution in [0.3, 0.4) is 0 Å². The molecule has 1 amide bonds. The second-order valence-corrected chi connectivity index (χ2v) is 8.50. The number of carbonyl (C=O) groups excluding carboxylic acids is 1. The van der Waals surface area contributed by atoms with Gasteiger partial charge in [-0.1, -0.05) is 42.1 Å². The van der Waals surface area contributed by atoms with Crippen LogP contribution in [-0.2, 0) is 22.6 Å². The zero-order valence-electron chi connectivity index (χ0n) is 18.5. The van der Waals surface area contributed by atoms with Gasteiger partial charge in [0.2, 0.25) is 5.91 Å². The van der Waals surface area contributed by atoms with Crippen molar-refractivity contribution < 1.29 is 9.53 Å². The number of amides is 1. The first-order valence-electron chi connectivity index (χ1n) is 10.8. The molecule has 168 valence electrons. The molecule has 2 aromatic heterocycles. The van der Waals surface area contributed by atoms with Crippen LogP contribution in [0.4, 0.5) is 5.82 Å². The Morgan fingerprint density at radius 3 is 2.69 bits per heavy atom. The van der Waals surface area contributed by atoms with Gasteiger partial charge in [0.05, 0.1) is 19.0 Å². The highest BCUT2D eigenvalue weighted by Gasteiger charge is 2.16.